The average Bonchev–Trinajstić information content (AvgIpc) is 2.54. The summed E-state index contributed by atoms with van der Waals surface area (Å²) in [4.78, 5) is 23.0. The first-order valence-electron chi connectivity index (χ1n) is 5.96. The molecule has 0 aliphatic heterocycles. The first-order chi connectivity index (χ1) is 7.20. The van der Waals surface area contributed by atoms with Crippen LogP contribution in [0.15, 0.2) is 0 Å². The number of hydrogen-bond donors (Lipinski definition) is 1. The van der Waals surface area contributed by atoms with Crippen molar-refractivity contribution >= 4 is 11.8 Å². The number of ketones is 1. The Morgan fingerprint density at radius 1 is 1.13 bits per heavy atom. The Morgan fingerprint density at radius 2 is 1.87 bits per heavy atom. The molecule has 0 aromatic heterocycles. The molecule has 0 aromatic carbocycles. The lowest BCUT2D eigenvalue weighted by Gasteiger charge is -2.26. The summed E-state index contributed by atoms with van der Waals surface area (Å²) in [5.41, 5.74) is 0. The van der Waals surface area contributed by atoms with Crippen LogP contribution in [0.2, 0.25) is 0 Å². The van der Waals surface area contributed by atoms with Gasteiger partial charge in [-0.3, -0.25) is 9.59 Å². The first-order valence-corrected chi connectivity index (χ1v) is 5.96. The van der Waals surface area contributed by atoms with E-state index < -0.39 is 5.97 Å². The Hall–Kier alpha value is -0.860. The number of aliphatic carboxylic acids is 1. The van der Waals surface area contributed by atoms with E-state index in [1.807, 2.05) is 0 Å². The van der Waals surface area contributed by atoms with Gasteiger partial charge in [0.1, 0.15) is 5.78 Å². The van der Waals surface area contributed by atoms with E-state index in [4.69, 9.17) is 5.11 Å². The van der Waals surface area contributed by atoms with Gasteiger partial charge < -0.3 is 5.11 Å². The van der Waals surface area contributed by atoms with Crippen LogP contribution in [-0.4, -0.2) is 16.9 Å². The maximum Gasteiger partial charge on any atom is 0.307 e. The van der Waals surface area contributed by atoms with Crippen LogP contribution in [0, 0.1) is 41.4 Å². The van der Waals surface area contributed by atoms with E-state index in [1.54, 1.807) is 0 Å². The van der Waals surface area contributed by atoms with Crippen molar-refractivity contribution in [2.75, 3.05) is 0 Å². The average molecular weight is 206 g/mol. The van der Waals surface area contributed by atoms with Crippen molar-refractivity contribution in [3.63, 3.8) is 0 Å². The van der Waals surface area contributed by atoms with Gasteiger partial charge in [0.15, 0.2) is 0 Å². The van der Waals surface area contributed by atoms with Gasteiger partial charge in [0.05, 0.1) is 5.92 Å². The SMILES string of the molecule is O=C(O)C1C2C(=O)C3C4CCC(C4)C3C12. The zero-order valence-electron chi connectivity index (χ0n) is 8.43. The number of Topliss-reactive ketones (excluding diaryl/α,β-unsaturated/α-hetero) is 1. The lowest BCUT2D eigenvalue weighted by molar-refractivity contribution is -0.142. The van der Waals surface area contributed by atoms with E-state index in [2.05, 4.69) is 0 Å². The molecule has 0 amide bonds. The van der Waals surface area contributed by atoms with Crippen LogP contribution < -0.4 is 0 Å². The number of fused-ring (bicyclic) bond motifs is 7. The van der Waals surface area contributed by atoms with Crippen LogP contribution >= 0.6 is 0 Å². The molecule has 4 fully saturated rings. The van der Waals surface area contributed by atoms with Crippen LogP contribution in [0.5, 0.6) is 0 Å². The minimum absolute atomic E-state index is 0.0825. The number of carboxylic acid groups (broad SMARTS) is 1. The molecule has 3 heteroatoms. The molecule has 0 saturated heterocycles. The molecule has 0 aromatic rings. The van der Waals surface area contributed by atoms with E-state index in [0.29, 0.717) is 23.5 Å². The van der Waals surface area contributed by atoms with Crippen molar-refractivity contribution in [1.82, 2.24) is 0 Å². The van der Waals surface area contributed by atoms with E-state index in [0.717, 1.165) is 0 Å². The Balaban J connectivity index is 1.71. The van der Waals surface area contributed by atoms with Gasteiger partial charge in [-0.05, 0) is 42.9 Å². The monoisotopic (exact) mass is 206 g/mol. The van der Waals surface area contributed by atoms with Gasteiger partial charge in [-0.2, -0.15) is 0 Å². The van der Waals surface area contributed by atoms with Crippen molar-refractivity contribution in [3.8, 4) is 0 Å². The van der Waals surface area contributed by atoms with E-state index in [9.17, 15) is 9.59 Å². The minimum atomic E-state index is -0.737. The summed E-state index contributed by atoms with van der Waals surface area (Å²) in [6.07, 6.45) is 3.67. The topological polar surface area (TPSA) is 54.4 Å². The standard InChI is InChI=1S/C12H14O3/c13-11-7-5-2-1-4(3-5)6(7)8-9(11)10(8)12(14)15/h4-10H,1-3H2,(H,14,15). The molecule has 4 saturated carbocycles. The number of carbonyl (C=O) groups is 2. The molecular weight excluding hydrogens is 192 g/mol. The van der Waals surface area contributed by atoms with Crippen molar-refractivity contribution < 1.29 is 14.7 Å². The summed E-state index contributed by atoms with van der Waals surface area (Å²) in [5, 5.41) is 9.01. The number of rotatable bonds is 1. The number of hydrogen-bond acceptors (Lipinski definition) is 2. The molecule has 0 heterocycles. The number of carboxylic acids is 1. The normalized spacial score (nSPS) is 59.2. The molecule has 3 nitrogen and oxygen atoms in total. The highest BCUT2D eigenvalue weighted by Crippen LogP contribution is 2.71. The van der Waals surface area contributed by atoms with E-state index >= 15 is 0 Å². The molecule has 4 aliphatic carbocycles. The third kappa shape index (κ3) is 0.766. The van der Waals surface area contributed by atoms with Crippen LogP contribution in [-0.2, 0) is 9.59 Å². The highest BCUT2D eigenvalue weighted by molar-refractivity contribution is 5.97. The molecule has 0 spiro atoms. The predicted octanol–water partition coefficient (Wildman–Crippen LogP) is 1.18. The minimum Gasteiger partial charge on any atom is -0.481 e. The van der Waals surface area contributed by atoms with Crippen LogP contribution in [0.3, 0.4) is 0 Å². The lowest BCUT2D eigenvalue weighted by Crippen LogP contribution is -2.29. The summed E-state index contributed by atoms with van der Waals surface area (Å²) < 4.78 is 0. The van der Waals surface area contributed by atoms with Crippen molar-refractivity contribution in [1.29, 1.82) is 0 Å². The van der Waals surface area contributed by atoms with Gasteiger partial charge in [0.2, 0.25) is 0 Å². The van der Waals surface area contributed by atoms with Gasteiger partial charge in [0, 0.05) is 11.8 Å². The summed E-state index contributed by atoms with van der Waals surface area (Å²) in [5.74, 6) is 1.45. The highest BCUT2D eigenvalue weighted by Gasteiger charge is 2.74. The highest BCUT2D eigenvalue weighted by atomic mass is 16.4. The maximum atomic E-state index is 12.1. The quantitative estimate of drug-likeness (QED) is 0.700. The Morgan fingerprint density at radius 3 is 2.60 bits per heavy atom. The molecule has 7 atom stereocenters. The predicted molar refractivity (Wildman–Crippen MR) is 50.9 cm³/mol. The lowest BCUT2D eigenvalue weighted by atomic mass is 9.77. The van der Waals surface area contributed by atoms with Gasteiger partial charge in [0.25, 0.3) is 0 Å². The third-order valence-corrected chi connectivity index (χ3v) is 5.44. The molecule has 80 valence electrons. The van der Waals surface area contributed by atoms with Gasteiger partial charge in [-0.15, -0.1) is 0 Å². The fraction of sp³-hybridized carbons (Fsp3) is 0.833. The first kappa shape index (κ1) is 8.31. The van der Waals surface area contributed by atoms with Gasteiger partial charge in [-0.1, -0.05) is 0 Å². The molecule has 2 bridgehead atoms. The number of carbonyl (C=O) groups excluding carboxylic acids is 1. The van der Waals surface area contributed by atoms with Crippen LogP contribution in [0.1, 0.15) is 19.3 Å². The largest absolute Gasteiger partial charge is 0.481 e. The fourth-order valence-electron chi connectivity index (χ4n) is 5.03. The second-order valence-corrected chi connectivity index (χ2v) is 5.81. The zero-order valence-corrected chi connectivity index (χ0v) is 8.43. The van der Waals surface area contributed by atoms with E-state index in [1.165, 1.54) is 19.3 Å². The molecule has 4 rings (SSSR count). The fourth-order valence-corrected chi connectivity index (χ4v) is 5.03. The smallest absolute Gasteiger partial charge is 0.307 e. The third-order valence-electron chi connectivity index (χ3n) is 5.44. The van der Waals surface area contributed by atoms with E-state index in [-0.39, 0.29) is 23.7 Å². The zero-order chi connectivity index (χ0) is 10.3. The molecule has 0 radical (unpaired) electrons. The van der Waals surface area contributed by atoms with Crippen molar-refractivity contribution in [3.05, 3.63) is 0 Å². The second-order valence-electron chi connectivity index (χ2n) is 5.81. The van der Waals surface area contributed by atoms with Crippen molar-refractivity contribution in [2.24, 2.45) is 41.4 Å². The molecule has 1 N–H and O–H groups in total. The maximum absolute atomic E-state index is 12.1. The summed E-state index contributed by atoms with van der Waals surface area (Å²) in [7, 11) is 0. The molecule has 4 aliphatic rings. The van der Waals surface area contributed by atoms with Crippen LogP contribution in [0.4, 0.5) is 0 Å². The van der Waals surface area contributed by atoms with Gasteiger partial charge in [-0.25, -0.2) is 0 Å². The summed E-state index contributed by atoms with van der Waals surface area (Å²) >= 11 is 0. The second kappa shape index (κ2) is 2.28. The summed E-state index contributed by atoms with van der Waals surface area (Å²) in [6, 6.07) is 0. The Kier molecular flexibility index (Phi) is 1.26. The summed E-state index contributed by atoms with van der Waals surface area (Å²) in [6.45, 7) is 0. The Labute approximate surface area is 87.8 Å². The van der Waals surface area contributed by atoms with Crippen LogP contribution in [0.25, 0.3) is 0 Å². The van der Waals surface area contributed by atoms with Gasteiger partial charge >= 0.3 is 5.97 Å². The Bertz CT molecular complexity index is 375. The molecule has 15 heavy (non-hydrogen) atoms. The molecular formula is C12H14O3. The molecule has 7 unspecified atom stereocenters. The van der Waals surface area contributed by atoms with Crippen molar-refractivity contribution in [2.45, 2.75) is 19.3 Å².